The van der Waals surface area contributed by atoms with Crippen LogP contribution in [0.3, 0.4) is 0 Å². The zero-order valence-electron chi connectivity index (χ0n) is 15.1. The van der Waals surface area contributed by atoms with Crippen molar-refractivity contribution >= 4 is 29.1 Å². The van der Waals surface area contributed by atoms with Crippen LogP contribution in [0.5, 0.6) is 0 Å². The summed E-state index contributed by atoms with van der Waals surface area (Å²) in [5.41, 5.74) is 9.07. The third-order valence-electron chi connectivity index (χ3n) is 4.57. The van der Waals surface area contributed by atoms with Crippen LogP contribution in [0, 0.1) is 0 Å². The molecule has 1 aromatic heterocycles. The zero-order chi connectivity index (χ0) is 19.5. The molecule has 2 heterocycles. The molecular weight excluding hydrogens is 378 g/mol. The van der Waals surface area contributed by atoms with E-state index < -0.39 is 0 Å². The van der Waals surface area contributed by atoms with Crippen molar-refractivity contribution in [2.24, 2.45) is 0 Å². The van der Waals surface area contributed by atoms with Crippen LogP contribution < -0.4 is 11.1 Å². The van der Waals surface area contributed by atoms with E-state index in [0.717, 1.165) is 11.3 Å². The lowest BCUT2D eigenvalue weighted by Crippen LogP contribution is -2.43. The molecule has 2 aromatic carbocycles. The SMILES string of the molecule is Nc1c(NC(=O)N2CCOCC2)c(-c2ccc(Cl)cc2)nn1-c1ccccc1. The molecule has 144 valence electrons. The van der Waals surface area contributed by atoms with Gasteiger partial charge in [-0.25, -0.2) is 9.48 Å². The van der Waals surface area contributed by atoms with Crippen molar-refractivity contribution in [3.05, 3.63) is 59.6 Å². The number of para-hydroxylation sites is 1. The summed E-state index contributed by atoms with van der Waals surface area (Å²) in [4.78, 5) is 14.5. The monoisotopic (exact) mass is 397 g/mol. The number of hydrogen-bond donors (Lipinski definition) is 2. The summed E-state index contributed by atoms with van der Waals surface area (Å²) in [5, 5.41) is 8.23. The molecule has 0 radical (unpaired) electrons. The fourth-order valence-corrected chi connectivity index (χ4v) is 3.21. The van der Waals surface area contributed by atoms with Gasteiger partial charge in [0.05, 0.1) is 18.9 Å². The Hall–Kier alpha value is -3.03. The summed E-state index contributed by atoms with van der Waals surface area (Å²) >= 11 is 6.02. The van der Waals surface area contributed by atoms with Crippen LogP contribution in [-0.4, -0.2) is 47.0 Å². The van der Waals surface area contributed by atoms with Gasteiger partial charge in [0.1, 0.15) is 11.4 Å². The van der Waals surface area contributed by atoms with Crippen LogP contribution in [0.2, 0.25) is 5.02 Å². The molecule has 8 heteroatoms. The number of nitrogens with zero attached hydrogens (tertiary/aromatic N) is 3. The van der Waals surface area contributed by atoms with Gasteiger partial charge in [-0.1, -0.05) is 41.9 Å². The zero-order valence-corrected chi connectivity index (χ0v) is 15.9. The highest BCUT2D eigenvalue weighted by Gasteiger charge is 2.23. The Morgan fingerprint density at radius 3 is 2.43 bits per heavy atom. The number of benzene rings is 2. The van der Waals surface area contributed by atoms with E-state index in [2.05, 4.69) is 10.4 Å². The maximum Gasteiger partial charge on any atom is 0.322 e. The Morgan fingerprint density at radius 2 is 1.75 bits per heavy atom. The van der Waals surface area contributed by atoms with E-state index in [4.69, 9.17) is 22.1 Å². The Balaban J connectivity index is 1.75. The second kappa shape index (κ2) is 7.92. The molecule has 0 spiro atoms. The molecule has 1 aliphatic heterocycles. The fourth-order valence-electron chi connectivity index (χ4n) is 3.08. The van der Waals surface area contributed by atoms with Crippen LogP contribution in [0.25, 0.3) is 16.9 Å². The fraction of sp³-hybridized carbons (Fsp3) is 0.200. The number of ether oxygens (including phenoxy) is 1. The normalized spacial score (nSPS) is 14.1. The summed E-state index contributed by atoms with van der Waals surface area (Å²) in [5.74, 6) is 0.359. The van der Waals surface area contributed by atoms with Crippen molar-refractivity contribution < 1.29 is 9.53 Å². The van der Waals surface area contributed by atoms with Gasteiger partial charge in [0.25, 0.3) is 0 Å². The number of urea groups is 1. The third-order valence-corrected chi connectivity index (χ3v) is 4.82. The molecule has 3 aromatic rings. The molecular formula is C20H20ClN5O2. The van der Waals surface area contributed by atoms with Crippen molar-refractivity contribution in [2.45, 2.75) is 0 Å². The number of anilines is 2. The first-order chi connectivity index (χ1) is 13.6. The van der Waals surface area contributed by atoms with Gasteiger partial charge >= 0.3 is 6.03 Å². The van der Waals surface area contributed by atoms with Gasteiger partial charge in [0.15, 0.2) is 5.82 Å². The highest BCUT2D eigenvalue weighted by atomic mass is 35.5. The van der Waals surface area contributed by atoms with Crippen LogP contribution >= 0.6 is 11.6 Å². The van der Waals surface area contributed by atoms with Gasteiger partial charge in [-0.05, 0) is 24.3 Å². The average Bonchev–Trinajstić information content (AvgIpc) is 3.06. The maximum absolute atomic E-state index is 12.7. The molecule has 0 saturated carbocycles. The first-order valence-corrected chi connectivity index (χ1v) is 9.35. The smallest absolute Gasteiger partial charge is 0.322 e. The Labute approximate surface area is 167 Å². The minimum atomic E-state index is -0.224. The van der Waals surface area contributed by atoms with Crippen molar-refractivity contribution in [1.29, 1.82) is 0 Å². The highest BCUT2D eigenvalue weighted by Crippen LogP contribution is 2.34. The van der Waals surface area contributed by atoms with Gasteiger partial charge < -0.3 is 20.7 Å². The van der Waals surface area contributed by atoms with Gasteiger partial charge in [0.2, 0.25) is 0 Å². The summed E-state index contributed by atoms with van der Waals surface area (Å²) in [6, 6.07) is 16.6. The van der Waals surface area contributed by atoms with Gasteiger partial charge in [0, 0.05) is 23.7 Å². The Kier molecular flexibility index (Phi) is 5.18. The van der Waals surface area contributed by atoms with Crippen molar-refractivity contribution in [3.63, 3.8) is 0 Å². The van der Waals surface area contributed by atoms with Crippen LogP contribution in [-0.2, 0) is 4.74 Å². The minimum Gasteiger partial charge on any atom is -0.382 e. The number of halogens is 1. The molecule has 0 unspecified atom stereocenters. The number of rotatable bonds is 3. The van der Waals surface area contributed by atoms with Gasteiger partial charge in [-0.3, -0.25) is 0 Å². The first-order valence-electron chi connectivity index (χ1n) is 8.97. The van der Waals surface area contributed by atoms with Gasteiger partial charge in [-0.2, -0.15) is 5.10 Å². The molecule has 7 nitrogen and oxygen atoms in total. The molecule has 1 fully saturated rings. The number of nitrogen functional groups attached to an aromatic ring is 1. The molecule has 3 N–H and O–H groups in total. The molecule has 1 aliphatic rings. The predicted octanol–water partition coefficient (Wildman–Crippen LogP) is 3.64. The molecule has 2 amide bonds. The van der Waals surface area contributed by atoms with E-state index in [0.29, 0.717) is 48.5 Å². The van der Waals surface area contributed by atoms with Crippen LogP contribution in [0.4, 0.5) is 16.3 Å². The first kappa shape index (κ1) is 18.3. The lowest BCUT2D eigenvalue weighted by Gasteiger charge is -2.27. The summed E-state index contributed by atoms with van der Waals surface area (Å²) in [6.07, 6.45) is 0. The van der Waals surface area contributed by atoms with E-state index in [1.54, 1.807) is 21.7 Å². The lowest BCUT2D eigenvalue weighted by atomic mass is 10.1. The van der Waals surface area contributed by atoms with Crippen molar-refractivity contribution in [2.75, 3.05) is 37.4 Å². The van der Waals surface area contributed by atoms with Crippen molar-refractivity contribution in [3.8, 4) is 16.9 Å². The second-order valence-corrected chi connectivity index (χ2v) is 6.83. The number of aromatic nitrogens is 2. The molecule has 0 aliphatic carbocycles. The molecule has 0 bridgehead atoms. The maximum atomic E-state index is 12.7. The minimum absolute atomic E-state index is 0.224. The van der Waals surface area contributed by atoms with Crippen LogP contribution in [0.15, 0.2) is 54.6 Å². The Morgan fingerprint density at radius 1 is 1.07 bits per heavy atom. The predicted molar refractivity (Wildman–Crippen MR) is 110 cm³/mol. The standard InChI is InChI=1S/C20H20ClN5O2/c21-15-8-6-14(7-9-15)17-18(23-20(27)25-10-12-28-13-11-25)19(22)26(24-17)16-4-2-1-3-5-16/h1-9H,10-13,22H2,(H,23,27). The van der Waals surface area contributed by atoms with E-state index in [1.165, 1.54) is 0 Å². The van der Waals surface area contributed by atoms with E-state index >= 15 is 0 Å². The quantitative estimate of drug-likeness (QED) is 0.706. The second-order valence-electron chi connectivity index (χ2n) is 6.39. The number of carbonyl (C=O) groups is 1. The molecule has 4 rings (SSSR count). The van der Waals surface area contributed by atoms with E-state index in [1.807, 2.05) is 42.5 Å². The highest BCUT2D eigenvalue weighted by molar-refractivity contribution is 6.30. The summed E-state index contributed by atoms with van der Waals surface area (Å²) in [6.45, 7) is 2.12. The Bertz CT molecular complexity index is 966. The number of carbonyl (C=O) groups excluding carboxylic acids is 1. The number of morpholine rings is 1. The molecule has 28 heavy (non-hydrogen) atoms. The van der Waals surface area contributed by atoms with Crippen molar-refractivity contribution in [1.82, 2.24) is 14.7 Å². The van der Waals surface area contributed by atoms with Gasteiger partial charge in [-0.15, -0.1) is 0 Å². The number of hydrogen-bond acceptors (Lipinski definition) is 4. The summed E-state index contributed by atoms with van der Waals surface area (Å²) < 4.78 is 6.94. The largest absolute Gasteiger partial charge is 0.382 e. The lowest BCUT2D eigenvalue weighted by molar-refractivity contribution is 0.0565. The number of amides is 2. The topological polar surface area (TPSA) is 85.4 Å². The number of nitrogens with one attached hydrogen (secondary N) is 1. The van der Waals surface area contributed by atoms with Crippen LogP contribution in [0.1, 0.15) is 0 Å². The van der Waals surface area contributed by atoms with E-state index in [9.17, 15) is 4.79 Å². The third kappa shape index (κ3) is 3.67. The number of nitrogens with two attached hydrogens (primary N) is 1. The summed E-state index contributed by atoms with van der Waals surface area (Å²) in [7, 11) is 0. The van der Waals surface area contributed by atoms with E-state index in [-0.39, 0.29) is 6.03 Å². The molecule has 0 atom stereocenters. The molecule has 1 saturated heterocycles. The average molecular weight is 398 g/mol.